The number of aromatic carboxylic acids is 1. The molecule has 2 aromatic rings. The van der Waals surface area contributed by atoms with Gasteiger partial charge in [0.2, 0.25) is 0 Å². The molecule has 0 aliphatic rings. The minimum Gasteiger partial charge on any atom is -0.489 e. The zero-order chi connectivity index (χ0) is 15.4. The minimum absolute atomic E-state index is 0.0300. The molecule has 110 valence electrons. The fourth-order valence-corrected chi connectivity index (χ4v) is 2.23. The highest BCUT2D eigenvalue weighted by molar-refractivity contribution is 5.85. The van der Waals surface area contributed by atoms with E-state index in [1.54, 1.807) is 6.07 Å². The zero-order valence-electron chi connectivity index (χ0n) is 12.5. The monoisotopic (exact) mass is 285 g/mol. The lowest BCUT2D eigenvalue weighted by Gasteiger charge is -2.12. The van der Waals surface area contributed by atoms with Gasteiger partial charge in [-0.15, -0.1) is 0 Å². The first-order valence-corrected chi connectivity index (χ1v) is 6.89. The molecule has 0 spiro atoms. The third-order valence-electron chi connectivity index (χ3n) is 3.31. The van der Waals surface area contributed by atoms with E-state index in [1.165, 1.54) is 23.4 Å². The maximum Gasteiger partial charge on any atom is 0.354 e. The molecule has 0 atom stereocenters. The van der Waals surface area contributed by atoms with E-state index in [0.717, 1.165) is 11.3 Å². The number of rotatable bonds is 5. The van der Waals surface area contributed by atoms with Crippen LogP contribution < -0.4 is 4.74 Å². The molecule has 0 amide bonds. The van der Waals surface area contributed by atoms with Crippen LogP contribution in [-0.2, 0) is 6.61 Å². The van der Waals surface area contributed by atoms with Crippen LogP contribution in [0.5, 0.6) is 5.75 Å². The van der Waals surface area contributed by atoms with Gasteiger partial charge in [-0.3, -0.25) is 0 Å². The number of hydrogen-bond donors (Lipinski definition) is 1. The standard InChI is InChI=1S/C17H19NO3/c1-11(2)15-5-4-14(8-12(15)3)21-10-13-6-7-18-16(9-13)17(19)20/h4-9,11H,10H2,1-3H3,(H,19,20). The summed E-state index contributed by atoms with van der Waals surface area (Å²) in [6.45, 7) is 6.71. The van der Waals surface area contributed by atoms with E-state index in [-0.39, 0.29) is 5.69 Å². The second kappa shape index (κ2) is 6.39. The molecule has 0 saturated carbocycles. The number of benzene rings is 1. The van der Waals surface area contributed by atoms with Crippen molar-refractivity contribution in [2.24, 2.45) is 0 Å². The van der Waals surface area contributed by atoms with Crippen LogP contribution in [-0.4, -0.2) is 16.1 Å². The van der Waals surface area contributed by atoms with Gasteiger partial charge in [-0.25, -0.2) is 9.78 Å². The Morgan fingerprint density at radius 2 is 2.05 bits per heavy atom. The van der Waals surface area contributed by atoms with Gasteiger partial charge >= 0.3 is 5.97 Å². The van der Waals surface area contributed by atoms with Crippen LogP contribution in [0.3, 0.4) is 0 Å². The maximum atomic E-state index is 10.9. The van der Waals surface area contributed by atoms with Gasteiger partial charge in [0.1, 0.15) is 18.1 Å². The van der Waals surface area contributed by atoms with Gasteiger partial charge < -0.3 is 9.84 Å². The van der Waals surface area contributed by atoms with Crippen LogP contribution in [0.4, 0.5) is 0 Å². The fraction of sp³-hybridized carbons (Fsp3) is 0.294. The molecule has 0 saturated heterocycles. The van der Waals surface area contributed by atoms with Gasteiger partial charge in [0.15, 0.2) is 0 Å². The smallest absolute Gasteiger partial charge is 0.354 e. The number of ether oxygens (including phenoxy) is 1. The lowest BCUT2D eigenvalue weighted by molar-refractivity contribution is 0.0690. The SMILES string of the molecule is Cc1cc(OCc2ccnc(C(=O)O)c2)ccc1C(C)C. The Morgan fingerprint density at radius 3 is 2.67 bits per heavy atom. The molecule has 1 aromatic carbocycles. The highest BCUT2D eigenvalue weighted by atomic mass is 16.5. The van der Waals surface area contributed by atoms with Crippen LogP contribution in [0, 0.1) is 6.92 Å². The summed E-state index contributed by atoms with van der Waals surface area (Å²) in [4.78, 5) is 14.7. The van der Waals surface area contributed by atoms with E-state index in [4.69, 9.17) is 9.84 Å². The number of nitrogens with zero attached hydrogens (tertiary/aromatic N) is 1. The Balaban J connectivity index is 2.08. The minimum atomic E-state index is -1.03. The molecule has 0 bridgehead atoms. The van der Waals surface area contributed by atoms with Crippen molar-refractivity contribution in [2.75, 3.05) is 0 Å². The highest BCUT2D eigenvalue weighted by Gasteiger charge is 2.07. The molecule has 4 nitrogen and oxygen atoms in total. The Bertz CT molecular complexity index is 650. The summed E-state index contributed by atoms with van der Waals surface area (Å²) < 4.78 is 5.72. The molecule has 4 heteroatoms. The Labute approximate surface area is 124 Å². The van der Waals surface area contributed by atoms with Crippen LogP contribution >= 0.6 is 0 Å². The molecule has 1 aromatic heterocycles. The molecule has 0 unspecified atom stereocenters. The van der Waals surface area contributed by atoms with Gasteiger partial charge in [-0.2, -0.15) is 0 Å². The van der Waals surface area contributed by atoms with Crippen LogP contribution in [0.1, 0.15) is 46.9 Å². The Hall–Kier alpha value is -2.36. The van der Waals surface area contributed by atoms with Crippen molar-refractivity contribution in [1.82, 2.24) is 4.98 Å². The van der Waals surface area contributed by atoms with Crippen molar-refractivity contribution < 1.29 is 14.6 Å². The molecular formula is C17H19NO3. The summed E-state index contributed by atoms with van der Waals surface area (Å²) >= 11 is 0. The summed E-state index contributed by atoms with van der Waals surface area (Å²) in [5.74, 6) is 0.233. The van der Waals surface area contributed by atoms with Crippen LogP contribution in [0.25, 0.3) is 0 Å². The molecule has 0 radical (unpaired) electrons. The summed E-state index contributed by atoms with van der Waals surface area (Å²) in [5, 5.41) is 8.91. The quantitative estimate of drug-likeness (QED) is 0.908. The number of pyridine rings is 1. The average Bonchev–Trinajstić information content (AvgIpc) is 2.45. The van der Waals surface area contributed by atoms with Crippen molar-refractivity contribution in [1.29, 1.82) is 0 Å². The van der Waals surface area contributed by atoms with Crippen LogP contribution in [0.2, 0.25) is 0 Å². The second-order valence-corrected chi connectivity index (χ2v) is 5.32. The van der Waals surface area contributed by atoms with E-state index < -0.39 is 5.97 Å². The van der Waals surface area contributed by atoms with E-state index in [2.05, 4.69) is 31.8 Å². The van der Waals surface area contributed by atoms with Gasteiger partial charge in [-0.1, -0.05) is 19.9 Å². The van der Waals surface area contributed by atoms with E-state index in [0.29, 0.717) is 12.5 Å². The predicted molar refractivity (Wildman–Crippen MR) is 80.8 cm³/mol. The summed E-state index contributed by atoms with van der Waals surface area (Å²) in [5.41, 5.74) is 3.32. The number of aromatic nitrogens is 1. The lowest BCUT2D eigenvalue weighted by Crippen LogP contribution is -2.03. The van der Waals surface area contributed by atoms with E-state index in [9.17, 15) is 4.79 Å². The average molecular weight is 285 g/mol. The summed E-state index contributed by atoms with van der Waals surface area (Å²) in [6, 6.07) is 9.31. The van der Waals surface area contributed by atoms with Gasteiger partial charge in [0, 0.05) is 6.20 Å². The normalized spacial score (nSPS) is 10.7. The Morgan fingerprint density at radius 1 is 1.29 bits per heavy atom. The summed E-state index contributed by atoms with van der Waals surface area (Å²) in [7, 11) is 0. The summed E-state index contributed by atoms with van der Waals surface area (Å²) in [6.07, 6.45) is 1.48. The van der Waals surface area contributed by atoms with E-state index >= 15 is 0 Å². The Kier molecular flexibility index (Phi) is 4.58. The second-order valence-electron chi connectivity index (χ2n) is 5.32. The number of hydrogen-bond acceptors (Lipinski definition) is 3. The molecule has 1 N–H and O–H groups in total. The molecule has 21 heavy (non-hydrogen) atoms. The molecule has 0 aliphatic carbocycles. The first kappa shape index (κ1) is 15.0. The first-order valence-electron chi connectivity index (χ1n) is 6.89. The first-order chi connectivity index (χ1) is 9.97. The third-order valence-corrected chi connectivity index (χ3v) is 3.31. The van der Waals surface area contributed by atoms with Crippen molar-refractivity contribution in [3.63, 3.8) is 0 Å². The third kappa shape index (κ3) is 3.81. The molecular weight excluding hydrogens is 266 g/mol. The highest BCUT2D eigenvalue weighted by Crippen LogP contribution is 2.24. The van der Waals surface area contributed by atoms with Crippen molar-refractivity contribution in [3.05, 3.63) is 58.9 Å². The molecule has 0 fully saturated rings. The van der Waals surface area contributed by atoms with Crippen molar-refractivity contribution in [3.8, 4) is 5.75 Å². The van der Waals surface area contributed by atoms with Gasteiger partial charge in [0.05, 0.1) is 0 Å². The number of carboxylic acid groups (broad SMARTS) is 1. The molecule has 0 aliphatic heterocycles. The molecule has 2 rings (SSSR count). The fourth-order valence-electron chi connectivity index (χ4n) is 2.23. The van der Waals surface area contributed by atoms with Crippen molar-refractivity contribution in [2.45, 2.75) is 33.3 Å². The predicted octanol–water partition coefficient (Wildman–Crippen LogP) is 3.79. The lowest BCUT2D eigenvalue weighted by atomic mass is 9.98. The number of carbonyl (C=O) groups is 1. The topological polar surface area (TPSA) is 59.4 Å². The van der Waals surface area contributed by atoms with Crippen molar-refractivity contribution >= 4 is 5.97 Å². The number of carboxylic acids is 1. The largest absolute Gasteiger partial charge is 0.489 e. The van der Waals surface area contributed by atoms with Gasteiger partial charge in [0.25, 0.3) is 0 Å². The van der Waals surface area contributed by atoms with Crippen LogP contribution in [0.15, 0.2) is 36.5 Å². The number of aryl methyl sites for hydroxylation is 1. The van der Waals surface area contributed by atoms with Gasteiger partial charge in [-0.05, 0) is 53.8 Å². The van der Waals surface area contributed by atoms with E-state index in [1.807, 2.05) is 12.1 Å². The molecule has 1 heterocycles. The zero-order valence-corrected chi connectivity index (χ0v) is 12.5. The maximum absolute atomic E-state index is 10.9.